The number of nitrogen functional groups attached to an aromatic ring is 1. The van der Waals surface area contributed by atoms with Gasteiger partial charge in [-0.25, -0.2) is 4.98 Å². The van der Waals surface area contributed by atoms with Gasteiger partial charge in [0.25, 0.3) is 5.56 Å². The lowest BCUT2D eigenvalue weighted by Crippen LogP contribution is -2.29. The average Bonchev–Trinajstić information content (AvgIpc) is 3.53. The SMILES string of the molecule is Cc1ccccc1Nc1nc(N)nc(CSc2nc3sc4c(c3c(=O)n2C[C@H]2CCCO2)CCCC4)n1. The van der Waals surface area contributed by atoms with Crippen LogP contribution in [0, 0.1) is 6.92 Å². The molecule has 1 saturated heterocycles. The lowest BCUT2D eigenvalue weighted by atomic mass is 9.97. The highest BCUT2D eigenvalue weighted by Gasteiger charge is 2.25. The highest BCUT2D eigenvalue weighted by Crippen LogP contribution is 2.35. The standard InChI is InChI=1S/C26H29N7O2S2/c1-15-7-2-4-10-18(15)28-25-30-20(29-24(27)32-25)14-36-26-31-22-21(17-9-3-5-11-19(17)37-22)23(34)33(26)13-16-8-6-12-35-16/h2,4,7,10,16H,3,5-6,8-9,11-14H2,1H3,(H3,27,28,29,30,32)/t16-/m1/s1. The second-order valence-corrected chi connectivity index (χ2v) is 11.5. The summed E-state index contributed by atoms with van der Waals surface area (Å²) in [4.78, 5) is 34.1. The Balaban J connectivity index is 1.32. The Morgan fingerprint density at radius 3 is 2.86 bits per heavy atom. The summed E-state index contributed by atoms with van der Waals surface area (Å²) in [6.07, 6.45) is 6.29. The van der Waals surface area contributed by atoms with Crippen molar-refractivity contribution >= 4 is 50.9 Å². The predicted molar refractivity (Wildman–Crippen MR) is 148 cm³/mol. The van der Waals surface area contributed by atoms with Crippen LogP contribution in [-0.2, 0) is 29.9 Å². The van der Waals surface area contributed by atoms with Crippen molar-refractivity contribution in [3.8, 4) is 0 Å². The summed E-state index contributed by atoms with van der Waals surface area (Å²) in [5, 5.41) is 4.70. The molecule has 9 nitrogen and oxygen atoms in total. The number of para-hydroxylation sites is 1. The maximum absolute atomic E-state index is 13.8. The molecule has 192 valence electrons. The van der Waals surface area contributed by atoms with Crippen LogP contribution in [0.5, 0.6) is 0 Å². The van der Waals surface area contributed by atoms with Crippen LogP contribution in [0.2, 0.25) is 0 Å². The molecule has 0 unspecified atom stereocenters. The Bertz CT molecular complexity index is 1510. The normalized spacial score (nSPS) is 17.3. The highest BCUT2D eigenvalue weighted by molar-refractivity contribution is 7.98. The first-order valence-electron chi connectivity index (χ1n) is 12.7. The fraction of sp³-hybridized carbons (Fsp3) is 0.423. The van der Waals surface area contributed by atoms with E-state index in [2.05, 4.69) is 20.3 Å². The van der Waals surface area contributed by atoms with Crippen molar-refractivity contribution < 1.29 is 4.74 Å². The molecule has 3 aromatic heterocycles. The monoisotopic (exact) mass is 535 g/mol. The van der Waals surface area contributed by atoms with Gasteiger partial charge in [0.15, 0.2) is 5.16 Å². The average molecular weight is 536 g/mol. The van der Waals surface area contributed by atoms with Gasteiger partial charge in [-0.15, -0.1) is 11.3 Å². The van der Waals surface area contributed by atoms with E-state index in [0.29, 0.717) is 29.2 Å². The van der Waals surface area contributed by atoms with E-state index >= 15 is 0 Å². The Labute approximate surface area is 222 Å². The molecule has 37 heavy (non-hydrogen) atoms. The van der Waals surface area contributed by atoms with Crippen LogP contribution in [0.4, 0.5) is 17.6 Å². The number of hydrogen-bond donors (Lipinski definition) is 2. The topological polar surface area (TPSA) is 121 Å². The molecular formula is C26H29N7O2S2. The molecule has 1 aromatic carbocycles. The van der Waals surface area contributed by atoms with E-state index in [-0.39, 0.29) is 17.6 Å². The van der Waals surface area contributed by atoms with Crippen molar-refractivity contribution in [2.24, 2.45) is 0 Å². The Hall–Kier alpha value is -3.02. The Morgan fingerprint density at radius 1 is 1.16 bits per heavy atom. The number of ether oxygens (including phenoxy) is 1. The lowest BCUT2D eigenvalue weighted by Gasteiger charge is -2.16. The summed E-state index contributed by atoms with van der Waals surface area (Å²) in [7, 11) is 0. The molecule has 1 fully saturated rings. The van der Waals surface area contributed by atoms with Gasteiger partial charge < -0.3 is 15.8 Å². The van der Waals surface area contributed by atoms with Crippen LogP contribution in [-0.4, -0.2) is 37.2 Å². The van der Waals surface area contributed by atoms with Gasteiger partial charge in [0.05, 0.1) is 23.8 Å². The molecule has 3 N–H and O–H groups in total. The third-order valence-corrected chi connectivity index (χ3v) is 9.03. The second-order valence-electron chi connectivity index (χ2n) is 9.50. The molecule has 1 aliphatic carbocycles. The Morgan fingerprint density at radius 2 is 2.03 bits per heavy atom. The van der Waals surface area contributed by atoms with Gasteiger partial charge in [-0.2, -0.15) is 15.0 Å². The minimum absolute atomic E-state index is 0.0310. The summed E-state index contributed by atoms with van der Waals surface area (Å²) in [6.45, 7) is 3.27. The van der Waals surface area contributed by atoms with Crippen LogP contribution in [0.3, 0.4) is 0 Å². The summed E-state index contributed by atoms with van der Waals surface area (Å²) >= 11 is 3.12. The summed E-state index contributed by atoms with van der Waals surface area (Å²) in [6, 6.07) is 7.91. The number of thioether (sulfide) groups is 1. The zero-order valence-electron chi connectivity index (χ0n) is 20.7. The molecule has 0 saturated carbocycles. The van der Waals surface area contributed by atoms with Gasteiger partial charge in [0.2, 0.25) is 11.9 Å². The third kappa shape index (κ3) is 5.07. The van der Waals surface area contributed by atoms with Crippen molar-refractivity contribution in [3.63, 3.8) is 0 Å². The van der Waals surface area contributed by atoms with Crippen molar-refractivity contribution in [1.82, 2.24) is 24.5 Å². The van der Waals surface area contributed by atoms with Gasteiger partial charge in [0.1, 0.15) is 10.7 Å². The van der Waals surface area contributed by atoms with Gasteiger partial charge in [-0.3, -0.25) is 9.36 Å². The van der Waals surface area contributed by atoms with E-state index in [0.717, 1.165) is 60.2 Å². The summed E-state index contributed by atoms with van der Waals surface area (Å²) in [5.41, 5.74) is 9.25. The zero-order valence-corrected chi connectivity index (χ0v) is 22.3. The quantitative estimate of drug-likeness (QED) is 0.258. The van der Waals surface area contributed by atoms with Gasteiger partial charge in [-0.05, 0) is 62.6 Å². The minimum atomic E-state index is 0.0310. The van der Waals surface area contributed by atoms with E-state index in [1.165, 1.54) is 28.6 Å². The number of nitrogens with two attached hydrogens (primary N) is 1. The number of rotatable bonds is 7. The van der Waals surface area contributed by atoms with Gasteiger partial charge in [0, 0.05) is 17.2 Å². The fourth-order valence-electron chi connectivity index (χ4n) is 5.00. The summed E-state index contributed by atoms with van der Waals surface area (Å²) < 4.78 is 7.69. The first kappa shape index (κ1) is 24.3. The molecule has 0 bridgehead atoms. The van der Waals surface area contributed by atoms with Gasteiger partial charge >= 0.3 is 0 Å². The van der Waals surface area contributed by atoms with Crippen LogP contribution in [0.25, 0.3) is 10.2 Å². The number of hydrogen-bond acceptors (Lipinski definition) is 10. The number of thiophene rings is 1. The second kappa shape index (κ2) is 10.4. The minimum Gasteiger partial charge on any atom is -0.376 e. The zero-order chi connectivity index (χ0) is 25.4. The molecule has 4 aromatic rings. The van der Waals surface area contributed by atoms with Crippen LogP contribution in [0.1, 0.15) is 47.5 Å². The molecule has 6 rings (SSSR count). The molecular weight excluding hydrogens is 506 g/mol. The molecule has 0 spiro atoms. The van der Waals surface area contributed by atoms with Crippen molar-refractivity contribution in [2.75, 3.05) is 17.7 Å². The van der Waals surface area contributed by atoms with E-state index in [4.69, 9.17) is 15.5 Å². The molecule has 1 aliphatic heterocycles. The highest BCUT2D eigenvalue weighted by atomic mass is 32.2. The number of nitrogens with zero attached hydrogens (tertiary/aromatic N) is 5. The lowest BCUT2D eigenvalue weighted by molar-refractivity contribution is 0.0937. The molecule has 4 heterocycles. The number of aryl methyl sites for hydroxylation is 3. The molecule has 11 heteroatoms. The number of benzene rings is 1. The predicted octanol–water partition coefficient (Wildman–Crippen LogP) is 4.63. The van der Waals surface area contributed by atoms with Crippen molar-refractivity contribution in [2.45, 2.75) is 69.0 Å². The van der Waals surface area contributed by atoms with E-state index in [1.807, 2.05) is 35.8 Å². The van der Waals surface area contributed by atoms with E-state index in [9.17, 15) is 4.79 Å². The van der Waals surface area contributed by atoms with Crippen LogP contribution in [0.15, 0.2) is 34.2 Å². The maximum atomic E-state index is 13.8. The Kier molecular flexibility index (Phi) is 6.83. The van der Waals surface area contributed by atoms with Crippen molar-refractivity contribution in [3.05, 3.63) is 56.4 Å². The molecule has 0 radical (unpaired) electrons. The fourth-order valence-corrected chi connectivity index (χ4v) is 7.17. The molecule has 2 aliphatic rings. The van der Waals surface area contributed by atoms with Gasteiger partial charge in [-0.1, -0.05) is 30.0 Å². The smallest absolute Gasteiger partial charge is 0.263 e. The maximum Gasteiger partial charge on any atom is 0.263 e. The first-order chi connectivity index (χ1) is 18.0. The van der Waals surface area contributed by atoms with Crippen molar-refractivity contribution in [1.29, 1.82) is 0 Å². The largest absolute Gasteiger partial charge is 0.376 e. The van der Waals surface area contributed by atoms with E-state index < -0.39 is 0 Å². The third-order valence-electron chi connectivity index (χ3n) is 6.87. The van der Waals surface area contributed by atoms with Crippen LogP contribution < -0.4 is 16.6 Å². The number of anilines is 3. The van der Waals surface area contributed by atoms with E-state index in [1.54, 1.807) is 11.3 Å². The number of fused-ring (bicyclic) bond motifs is 3. The number of nitrogens with one attached hydrogen (secondary N) is 1. The first-order valence-corrected chi connectivity index (χ1v) is 14.5. The summed E-state index contributed by atoms with van der Waals surface area (Å²) in [5.74, 6) is 1.47. The molecule has 0 amide bonds. The number of aromatic nitrogens is 5. The molecule has 1 atom stereocenters. The van der Waals surface area contributed by atoms with Crippen LogP contribution >= 0.6 is 23.1 Å².